The minimum Gasteiger partial charge on any atom is -0.376 e. The van der Waals surface area contributed by atoms with Gasteiger partial charge in [-0.05, 0) is 49.9 Å². The number of ether oxygens (including phenoxy) is 1. The molecule has 4 nitrogen and oxygen atoms in total. The van der Waals surface area contributed by atoms with Crippen LogP contribution in [0, 0.1) is 12.8 Å². The molecular weight excluding hydrogens is 416 g/mol. The number of para-hydroxylation sites is 1. The molecule has 1 fully saturated rings. The van der Waals surface area contributed by atoms with Gasteiger partial charge in [0.05, 0.1) is 23.8 Å². The van der Waals surface area contributed by atoms with Crippen LogP contribution in [0.2, 0.25) is 5.02 Å². The third kappa shape index (κ3) is 4.91. The van der Waals surface area contributed by atoms with E-state index in [2.05, 4.69) is 4.90 Å². The maximum Gasteiger partial charge on any atom is 0.152 e. The van der Waals surface area contributed by atoms with E-state index < -0.39 is 0 Å². The van der Waals surface area contributed by atoms with Crippen molar-refractivity contribution in [3.8, 4) is 10.6 Å². The molecule has 156 valence electrons. The Kier molecular flexibility index (Phi) is 6.82. The van der Waals surface area contributed by atoms with E-state index in [0.717, 1.165) is 64.8 Å². The van der Waals surface area contributed by atoms with Gasteiger partial charge in [0.1, 0.15) is 5.01 Å². The Hall–Kier alpha value is -2.21. The summed E-state index contributed by atoms with van der Waals surface area (Å²) in [6, 6.07) is 15.6. The lowest BCUT2D eigenvalue weighted by molar-refractivity contribution is 0.0829. The van der Waals surface area contributed by atoms with Crippen molar-refractivity contribution >= 4 is 34.9 Å². The molecule has 3 aromatic rings. The number of aldehydes is 1. The Morgan fingerprint density at radius 1 is 1.23 bits per heavy atom. The number of carbonyl (C=O) groups excluding carboxylic acids is 1. The molecular formula is C24H25ClN2O2S. The van der Waals surface area contributed by atoms with Gasteiger partial charge in [-0.2, -0.15) is 0 Å². The Labute approximate surface area is 186 Å². The number of hydrogen-bond donors (Lipinski definition) is 0. The summed E-state index contributed by atoms with van der Waals surface area (Å²) in [5.41, 5.74) is 3.89. The van der Waals surface area contributed by atoms with Crippen molar-refractivity contribution in [3.05, 3.63) is 69.7 Å². The number of rotatable bonds is 7. The number of thiazole rings is 1. The summed E-state index contributed by atoms with van der Waals surface area (Å²) < 4.78 is 6.10. The van der Waals surface area contributed by atoms with Crippen molar-refractivity contribution in [2.45, 2.75) is 26.4 Å². The molecule has 2 aromatic carbocycles. The first kappa shape index (κ1) is 21.0. The highest BCUT2D eigenvalue weighted by Gasteiger charge is 2.22. The maximum atomic E-state index is 11.4. The Morgan fingerprint density at radius 3 is 2.83 bits per heavy atom. The predicted molar refractivity (Wildman–Crippen MR) is 124 cm³/mol. The fourth-order valence-corrected chi connectivity index (χ4v) is 5.02. The monoisotopic (exact) mass is 440 g/mol. The van der Waals surface area contributed by atoms with Gasteiger partial charge in [0.25, 0.3) is 0 Å². The summed E-state index contributed by atoms with van der Waals surface area (Å²) in [5.74, 6) is 0.461. The Morgan fingerprint density at radius 2 is 2.03 bits per heavy atom. The van der Waals surface area contributed by atoms with Gasteiger partial charge in [-0.15, -0.1) is 11.3 Å². The van der Waals surface area contributed by atoms with Crippen LogP contribution >= 0.6 is 22.9 Å². The van der Waals surface area contributed by atoms with E-state index in [-0.39, 0.29) is 0 Å². The third-order valence-electron chi connectivity index (χ3n) is 5.49. The second-order valence-electron chi connectivity index (χ2n) is 7.68. The van der Waals surface area contributed by atoms with Crippen LogP contribution in [0.1, 0.15) is 33.8 Å². The van der Waals surface area contributed by atoms with Crippen LogP contribution in [-0.4, -0.2) is 31.0 Å². The van der Waals surface area contributed by atoms with Crippen LogP contribution in [-0.2, 0) is 11.3 Å². The maximum absolute atomic E-state index is 11.4. The molecule has 0 saturated carbocycles. The van der Waals surface area contributed by atoms with Crippen LogP contribution in [0.3, 0.4) is 0 Å². The zero-order valence-electron chi connectivity index (χ0n) is 17.0. The van der Waals surface area contributed by atoms with Gasteiger partial charge in [-0.1, -0.05) is 35.9 Å². The second kappa shape index (κ2) is 9.73. The molecule has 1 aliphatic heterocycles. The molecule has 30 heavy (non-hydrogen) atoms. The van der Waals surface area contributed by atoms with Crippen LogP contribution in [0.4, 0.5) is 5.69 Å². The molecule has 0 bridgehead atoms. The highest BCUT2D eigenvalue weighted by atomic mass is 35.5. The summed E-state index contributed by atoms with van der Waals surface area (Å²) in [5, 5.41) is 1.73. The van der Waals surface area contributed by atoms with Crippen LogP contribution in [0.5, 0.6) is 0 Å². The van der Waals surface area contributed by atoms with Crippen molar-refractivity contribution in [1.82, 2.24) is 4.98 Å². The normalized spacial score (nSPS) is 16.6. The molecule has 1 aromatic heterocycles. The van der Waals surface area contributed by atoms with Gasteiger partial charge in [-0.3, -0.25) is 4.79 Å². The lowest BCUT2D eigenvalue weighted by atomic mass is 9.97. The Bertz CT molecular complexity index is 1000. The minimum atomic E-state index is 0.461. The summed E-state index contributed by atoms with van der Waals surface area (Å²) in [6.07, 6.45) is 3.21. The van der Waals surface area contributed by atoms with Crippen LogP contribution in [0.15, 0.2) is 48.5 Å². The molecule has 1 atom stereocenters. The number of hydrogen-bond acceptors (Lipinski definition) is 5. The molecule has 6 heteroatoms. The molecule has 2 heterocycles. The number of benzene rings is 2. The highest BCUT2D eigenvalue weighted by Crippen LogP contribution is 2.30. The smallest absolute Gasteiger partial charge is 0.152 e. The minimum absolute atomic E-state index is 0.461. The van der Waals surface area contributed by atoms with E-state index in [0.29, 0.717) is 19.1 Å². The number of halogens is 1. The lowest BCUT2D eigenvalue weighted by Gasteiger charge is -2.35. The zero-order chi connectivity index (χ0) is 20.9. The Balaban J connectivity index is 1.34. The molecule has 0 spiro atoms. The molecule has 0 amide bonds. The molecule has 1 unspecified atom stereocenters. The van der Waals surface area contributed by atoms with E-state index in [1.54, 1.807) is 11.3 Å². The van der Waals surface area contributed by atoms with Gasteiger partial charge in [0.15, 0.2) is 6.29 Å². The average Bonchev–Trinajstić information content (AvgIpc) is 3.15. The standard InChI is InChI=1S/C24H25ClN2O2S/c1-17-23(30-24(26-17)19-8-10-21(25)11-9-19)16-29-15-18-5-4-12-27(13-18)22-7-3-2-6-20(22)14-28/h2-3,6-11,14,18H,4-5,12-13,15-16H2,1H3. The van der Waals surface area contributed by atoms with E-state index in [9.17, 15) is 4.79 Å². The quantitative estimate of drug-likeness (QED) is 0.421. The van der Waals surface area contributed by atoms with Gasteiger partial charge >= 0.3 is 0 Å². The van der Waals surface area contributed by atoms with E-state index in [1.807, 2.05) is 55.5 Å². The van der Waals surface area contributed by atoms with Gasteiger partial charge in [0, 0.05) is 34.9 Å². The number of anilines is 1. The number of carbonyl (C=O) groups is 1. The SMILES string of the molecule is Cc1nc(-c2ccc(Cl)cc2)sc1COCC1CCCN(c2ccccc2C=O)C1. The predicted octanol–water partition coefficient (Wildman–Crippen LogP) is 6.02. The topological polar surface area (TPSA) is 42.4 Å². The first-order chi connectivity index (χ1) is 14.6. The van der Waals surface area contributed by atoms with Crippen molar-refractivity contribution in [2.24, 2.45) is 5.92 Å². The van der Waals surface area contributed by atoms with Crippen molar-refractivity contribution < 1.29 is 9.53 Å². The average molecular weight is 441 g/mol. The highest BCUT2D eigenvalue weighted by molar-refractivity contribution is 7.15. The number of aromatic nitrogens is 1. The van der Waals surface area contributed by atoms with Crippen LogP contribution < -0.4 is 4.90 Å². The molecule has 0 aliphatic carbocycles. The fourth-order valence-electron chi connectivity index (χ4n) is 3.89. The van der Waals surface area contributed by atoms with E-state index in [4.69, 9.17) is 21.3 Å². The van der Waals surface area contributed by atoms with Gasteiger partial charge < -0.3 is 9.64 Å². The zero-order valence-corrected chi connectivity index (χ0v) is 18.6. The largest absolute Gasteiger partial charge is 0.376 e. The summed E-state index contributed by atoms with van der Waals surface area (Å²) in [6.45, 7) is 5.24. The lowest BCUT2D eigenvalue weighted by Crippen LogP contribution is -2.37. The van der Waals surface area contributed by atoms with Crippen molar-refractivity contribution in [2.75, 3.05) is 24.6 Å². The van der Waals surface area contributed by atoms with Gasteiger partial charge in [-0.25, -0.2) is 4.98 Å². The number of aryl methyl sites for hydroxylation is 1. The first-order valence-corrected chi connectivity index (χ1v) is 11.4. The molecule has 4 rings (SSSR count). The third-order valence-corrected chi connectivity index (χ3v) is 6.93. The first-order valence-electron chi connectivity index (χ1n) is 10.2. The molecule has 1 aliphatic rings. The van der Waals surface area contributed by atoms with Crippen molar-refractivity contribution in [1.29, 1.82) is 0 Å². The molecule has 0 N–H and O–H groups in total. The summed E-state index contributed by atoms with van der Waals surface area (Å²) >= 11 is 7.67. The molecule has 1 saturated heterocycles. The van der Waals surface area contributed by atoms with Gasteiger partial charge in [0.2, 0.25) is 0 Å². The second-order valence-corrected chi connectivity index (χ2v) is 9.20. The summed E-state index contributed by atoms with van der Waals surface area (Å²) in [4.78, 5) is 19.6. The van der Waals surface area contributed by atoms with E-state index >= 15 is 0 Å². The summed E-state index contributed by atoms with van der Waals surface area (Å²) in [7, 11) is 0. The van der Waals surface area contributed by atoms with Crippen LogP contribution in [0.25, 0.3) is 10.6 Å². The molecule has 0 radical (unpaired) electrons. The fraction of sp³-hybridized carbons (Fsp3) is 0.333. The number of piperidine rings is 1. The number of nitrogens with zero attached hydrogens (tertiary/aromatic N) is 2. The van der Waals surface area contributed by atoms with Crippen molar-refractivity contribution in [3.63, 3.8) is 0 Å². The van der Waals surface area contributed by atoms with E-state index in [1.165, 1.54) is 4.88 Å².